The zero-order chi connectivity index (χ0) is 17.3. The first kappa shape index (κ1) is 16.0. The lowest BCUT2D eigenvalue weighted by Gasteiger charge is -2.25. The Labute approximate surface area is 138 Å². The number of aromatic amines is 2. The van der Waals surface area contributed by atoms with Gasteiger partial charge in [-0.25, -0.2) is 9.78 Å². The molecule has 0 aliphatic carbocycles. The van der Waals surface area contributed by atoms with Crippen LogP contribution in [-0.4, -0.2) is 46.4 Å². The van der Waals surface area contributed by atoms with E-state index in [0.29, 0.717) is 6.54 Å². The topological polar surface area (TPSA) is 102 Å². The van der Waals surface area contributed by atoms with Gasteiger partial charge in [-0.3, -0.25) is 14.6 Å². The van der Waals surface area contributed by atoms with E-state index in [-0.39, 0.29) is 17.5 Å². The normalized spacial score (nSPS) is 17.1. The minimum Gasteiger partial charge on any atom is -0.363 e. The highest BCUT2D eigenvalue weighted by Gasteiger charge is 2.32. The van der Waals surface area contributed by atoms with Gasteiger partial charge in [-0.15, -0.1) is 0 Å². The second kappa shape index (κ2) is 6.31. The fourth-order valence-electron chi connectivity index (χ4n) is 2.97. The van der Waals surface area contributed by atoms with Crippen LogP contribution in [0.1, 0.15) is 34.8 Å². The van der Waals surface area contributed by atoms with Gasteiger partial charge in [0.2, 0.25) is 0 Å². The molecule has 1 amide bonds. The second-order valence-corrected chi connectivity index (χ2v) is 5.98. The maximum Gasteiger partial charge on any atom is 0.325 e. The molecule has 2 aromatic rings. The number of carbonyl (C=O) groups is 1. The Hall–Kier alpha value is -2.90. The van der Waals surface area contributed by atoms with E-state index in [4.69, 9.17) is 0 Å². The molecule has 0 radical (unpaired) electrons. The number of nitrogens with zero attached hydrogens (tertiary/aromatic N) is 3. The molecular weight excluding hydrogens is 310 g/mol. The van der Waals surface area contributed by atoms with Crippen molar-refractivity contribution in [2.24, 2.45) is 0 Å². The van der Waals surface area contributed by atoms with E-state index in [2.05, 4.69) is 15.0 Å². The van der Waals surface area contributed by atoms with Crippen LogP contribution in [0, 0.1) is 0 Å². The molecule has 1 atom stereocenters. The van der Waals surface area contributed by atoms with Crippen molar-refractivity contribution in [3.8, 4) is 0 Å². The van der Waals surface area contributed by atoms with Gasteiger partial charge in [0.05, 0.1) is 6.04 Å². The second-order valence-electron chi connectivity index (χ2n) is 5.98. The van der Waals surface area contributed by atoms with Gasteiger partial charge in [-0.2, -0.15) is 0 Å². The Bertz CT molecular complexity index is 870. The molecule has 1 fully saturated rings. The van der Waals surface area contributed by atoms with Crippen molar-refractivity contribution in [2.75, 3.05) is 25.5 Å². The molecule has 0 saturated carbocycles. The number of H-pyrrole nitrogens is 2. The summed E-state index contributed by atoms with van der Waals surface area (Å²) in [5.74, 6) is 0.437. The van der Waals surface area contributed by atoms with Crippen LogP contribution in [0.2, 0.25) is 0 Å². The van der Waals surface area contributed by atoms with Crippen LogP contribution in [0.25, 0.3) is 0 Å². The number of hydrogen-bond acceptors (Lipinski definition) is 5. The van der Waals surface area contributed by atoms with Crippen molar-refractivity contribution in [3.63, 3.8) is 0 Å². The molecule has 1 aliphatic rings. The van der Waals surface area contributed by atoms with E-state index in [1.54, 1.807) is 11.1 Å². The minimum atomic E-state index is -0.668. The number of pyridine rings is 1. The Kier molecular flexibility index (Phi) is 4.20. The van der Waals surface area contributed by atoms with Crippen LogP contribution in [0.15, 0.2) is 34.1 Å². The van der Waals surface area contributed by atoms with Gasteiger partial charge in [0, 0.05) is 33.0 Å². The first-order valence-electron chi connectivity index (χ1n) is 7.73. The number of hydrogen-bond donors (Lipinski definition) is 2. The maximum atomic E-state index is 12.7. The number of rotatable bonds is 3. The summed E-state index contributed by atoms with van der Waals surface area (Å²) in [7, 11) is 3.81. The highest BCUT2D eigenvalue weighted by molar-refractivity contribution is 5.94. The lowest BCUT2D eigenvalue weighted by Crippen LogP contribution is -2.36. The Balaban J connectivity index is 1.93. The Morgan fingerprint density at radius 1 is 1.38 bits per heavy atom. The van der Waals surface area contributed by atoms with E-state index in [1.807, 2.05) is 31.1 Å². The molecule has 2 N–H and O–H groups in total. The number of amides is 1. The number of likely N-dealkylation sites (tertiary alicyclic amines) is 1. The fourth-order valence-corrected chi connectivity index (χ4v) is 2.97. The summed E-state index contributed by atoms with van der Waals surface area (Å²) in [4.78, 5) is 48.1. The van der Waals surface area contributed by atoms with Gasteiger partial charge in [0.25, 0.3) is 11.5 Å². The van der Waals surface area contributed by atoms with Gasteiger partial charge in [-0.05, 0) is 30.5 Å². The molecule has 1 unspecified atom stereocenters. The largest absolute Gasteiger partial charge is 0.363 e. The highest BCUT2D eigenvalue weighted by atomic mass is 16.2. The van der Waals surface area contributed by atoms with Crippen molar-refractivity contribution in [2.45, 2.75) is 18.9 Å². The molecule has 3 heterocycles. The summed E-state index contributed by atoms with van der Waals surface area (Å²) < 4.78 is 0. The molecule has 0 aromatic carbocycles. The van der Waals surface area contributed by atoms with E-state index in [1.165, 1.54) is 6.20 Å². The summed E-state index contributed by atoms with van der Waals surface area (Å²) in [6, 6.07) is 3.74. The highest BCUT2D eigenvalue weighted by Crippen LogP contribution is 2.33. The van der Waals surface area contributed by atoms with Crippen molar-refractivity contribution >= 4 is 11.7 Å². The number of carbonyl (C=O) groups excluding carboxylic acids is 1. The molecule has 1 aliphatic heterocycles. The smallest absolute Gasteiger partial charge is 0.325 e. The monoisotopic (exact) mass is 329 g/mol. The van der Waals surface area contributed by atoms with E-state index < -0.39 is 11.2 Å². The van der Waals surface area contributed by atoms with Gasteiger partial charge in [0.15, 0.2) is 0 Å². The minimum absolute atomic E-state index is 0.0524. The quantitative estimate of drug-likeness (QED) is 0.854. The molecule has 8 heteroatoms. The summed E-state index contributed by atoms with van der Waals surface area (Å²) in [5, 5.41) is 0. The number of aromatic nitrogens is 3. The molecular formula is C16H19N5O3. The third-order valence-corrected chi connectivity index (χ3v) is 4.18. The third kappa shape index (κ3) is 2.94. The van der Waals surface area contributed by atoms with Crippen molar-refractivity contribution < 1.29 is 4.79 Å². The van der Waals surface area contributed by atoms with Crippen LogP contribution < -0.4 is 16.1 Å². The summed E-state index contributed by atoms with van der Waals surface area (Å²) in [6.07, 6.45) is 4.58. The first-order valence-corrected chi connectivity index (χ1v) is 7.73. The first-order chi connectivity index (χ1) is 11.5. The van der Waals surface area contributed by atoms with E-state index in [0.717, 1.165) is 24.2 Å². The molecule has 1 saturated heterocycles. The number of anilines is 1. The molecule has 8 nitrogen and oxygen atoms in total. The molecule has 126 valence electrons. The SMILES string of the molecule is CN(C)c1cc(C2CCCN2C(=O)c2c[nH]c(=O)[nH]c2=O)ccn1. The predicted octanol–water partition coefficient (Wildman–Crippen LogP) is 0.501. The van der Waals surface area contributed by atoms with Crippen LogP contribution in [0.4, 0.5) is 5.82 Å². The Morgan fingerprint density at radius 3 is 2.88 bits per heavy atom. The van der Waals surface area contributed by atoms with Gasteiger partial charge in [0.1, 0.15) is 11.4 Å². The van der Waals surface area contributed by atoms with Crippen LogP contribution in [0.5, 0.6) is 0 Å². The maximum absolute atomic E-state index is 12.7. The van der Waals surface area contributed by atoms with Crippen LogP contribution >= 0.6 is 0 Å². The van der Waals surface area contributed by atoms with Gasteiger partial charge < -0.3 is 14.8 Å². The van der Waals surface area contributed by atoms with Crippen LogP contribution in [-0.2, 0) is 0 Å². The van der Waals surface area contributed by atoms with Gasteiger partial charge in [-0.1, -0.05) is 0 Å². The third-order valence-electron chi connectivity index (χ3n) is 4.18. The predicted molar refractivity (Wildman–Crippen MR) is 89.3 cm³/mol. The summed E-state index contributed by atoms with van der Waals surface area (Å²) in [5.41, 5.74) is -0.360. The Morgan fingerprint density at radius 2 is 2.17 bits per heavy atom. The molecule has 0 spiro atoms. The summed E-state index contributed by atoms with van der Waals surface area (Å²) >= 11 is 0. The van der Waals surface area contributed by atoms with Crippen molar-refractivity contribution in [1.82, 2.24) is 19.9 Å². The van der Waals surface area contributed by atoms with E-state index >= 15 is 0 Å². The molecule has 3 rings (SSSR count). The lowest BCUT2D eigenvalue weighted by molar-refractivity contribution is 0.0733. The fraction of sp³-hybridized carbons (Fsp3) is 0.375. The zero-order valence-electron chi connectivity index (χ0n) is 13.6. The average molecular weight is 329 g/mol. The molecule has 0 bridgehead atoms. The van der Waals surface area contributed by atoms with Crippen molar-refractivity contribution in [3.05, 3.63) is 56.5 Å². The van der Waals surface area contributed by atoms with E-state index in [9.17, 15) is 14.4 Å². The van der Waals surface area contributed by atoms with Gasteiger partial charge >= 0.3 is 5.69 Å². The summed E-state index contributed by atoms with van der Waals surface area (Å²) in [6.45, 7) is 0.571. The molecule has 2 aromatic heterocycles. The lowest BCUT2D eigenvalue weighted by atomic mass is 10.1. The average Bonchev–Trinajstić information content (AvgIpc) is 3.04. The standard InChI is InChI=1S/C16H19N5O3/c1-20(2)13-8-10(5-6-17-13)12-4-3-7-21(12)15(23)11-9-18-16(24)19-14(11)22/h5-6,8-9,12H,3-4,7H2,1-2H3,(H2,18,19,22,24). The van der Waals surface area contributed by atoms with Crippen molar-refractivity contribution in [1.29, 1.82) is 0 Å². The zero-order valence-corrected chi connectivity index (χ0v) is 13.6. The molecule has 24 heavy (non-hydrogen) atoms. The number of nitrogens with one attached hydrogen (secondary N) is 2. The van der Waals surface area contributed by atoms with Crippen LogP contribution in [0.3, 0.4) is 0 Å².